The zero-order chi connectivity index (χ0) is 22.3. The number of aromatic nitrogens is 1. The molecule has 2 saturated heterocycles. The van der Waals surface area contributed by atoms with Gasteiger partial charge in [0.2, 0.25) is 0 Å². The van der Waals surface area contributed by atoms with Gasteiger partial charge in [-0.05, 0) is 57.0 Å². The SMILES string of the molecule is Cc1cc(C)c(N2CCN(C(=O)c3ccc(N4C(=O)OC[C@H]4C)cc3F)CC2)nc1C.Cl. The third kappa shape index (κ3) is 4.37. The number of cyclic esters (lactones) is 1. The molecular weight excluding hydrogens is 435 g/mol. The number of anilines is 2. The van der Waals surface area contributed by atoms with Crippen LogP contribution in [0.3, 0.4) is 0 Å². The van der Waals surface area contributed by atoms with Crippen LogP contribution >= 0.6 is 12.4 Å². The summed E-state index contributed by atoms with van der Waals surface area (Å²) < 4.78 is 19.8. The number of hydrogen-bond donors (Lipinski definition) is 0. The van der Waals surface area contributed by atoms with Gasteiger partial charge in [-0.3, -0.25) is 9.69 Å². The number of hydrogen-bond acceptors (Lipinski definition) is 5. The van der Waals surface area contributed by atoms with E-state index < -0.39 is 11.9 Å². The van der Waals surface area contributed by atoms with Gasteiger partial charge in [-0.15, -0.1) is 12.4 Å². The van der Waals surface area contributed by atoms with E-state index in [1.807, 2.05) is 27.7 Å². The summed E-state index contributed by atoms with van der Waals surface area (Å²) in [6, 6.07) is 6.23. The summed E-state index contributed by atoms with van der Waals surface area (Å²) in [6.07, 6.45) is -0.502. The first-order valence-electron chi connectivity index (χ1n) is 10.5. The Bertz CT molecular complexity index is 1040. The van der Waals surface area contributed by atoms with Gasteiger partial charge in [0.25, 0.3) is 5.91 Å². The first-order valence-corrected chi connectivity index (χ1v) is 10.5. The molecule has 0 unspecified atom stereocenters. The minimum Gasteiger partial charge on any atom is -0.447 e. The van der Waals surface area contributed by atoms with E-state index >= 15 is 0 Å². The third-order valence-corrected chi connectivity index (χ3v) is 6.04. The Hall–Kier alpha value is -2.87. The van der Waals surface area contributed by atoms with Crippen molar-refractivity contribution in [1.82, 2.24) is 9.88 Å². The highest BCUT2D eigenvalue weighted by Gasteiger charge is 2.32. The van der Waals surface area contributed by atoms with Gasteiger partial charge in [0.05, 0.1) is 17.3 Å². The Morgan fingerprint density at radius 1 is 1.09 bits per heavy atom. The van der Waals surface area contributed by atoms with Crippen molar-refractivity contribution in [2.75, 3.05) is 42.6 Å². The van der Waals surface area contributed by atoms with Gasteiger partial charge in [-0.2, -0.15) is 0 Å². The molecule has 7 nitrogen and oxygen atoms in total. The van der Waals surface area contributed by atoms with Gasteiger partial charge in [0, 0.05) is 31.9 Å². The monoisotopic (exact) mass is 462 g/mol. The number of benzene rings is 1. The molecule has 1 aromatic carbocycles. The van der Waals surface area contributed by atoms with Crippen LogP contribution in [-0.2, 0) is 4.74 Å². The fraction of sp³-hybridized carbons (Fsp3) is 0.435. The summed E-state index contributed by atoms with van der Waals surface area (Å²) in [5.41, 5.74) is 3.67. The highest BCUT2D eigenvalue weighted by molar-refractivity contribution is 5.96. The van der Waals surface area contributed by atoms with Crippen LogP contribution < -0.4 is 9.80 Å². The van der Waals surface area contributed by atoms with Gasteiger partial charge in [0.1, 0.15) is 18.2 Å². The number of rotatable bonds is 3. The summed E-state index contributed by atoms with van der Waals surface area (Å²) in [6.45, 7) is 10.4. The Morgan fingerprint density at radius 3 is 2.38 bits per heavy atom. The lowest BCUT2D eigenvalue weighted by Crippen LogP contribution is -2.49. The van der Waals surface area contributed by atoms with Crippen LogP contribution in [0.25, 0.3) is 0 Å². The molecule has 0 radical (unpaired) electrons. The first-order chi connectivity index (χ1) is 14.8. The van der Waals surface area contributed by atoms with Crippen molar-refractivity contribution in [3.8, 4) is 0 Å². The fourth-order valence-corrected chi connectivity index (χ4v) is 4.14. The summed E-state index contributed by atoms with van der Waals surface area (Å²) >= 11 is 0. The molecule has 2 fully saturated rings. The number of ether oxygens (including phenoxy) is 1. The van der Waals surface area contributed by atoms with Crippen molar-refractivity contribution >= 4 is 35.9 Å². The minimum atomic E-state index is -0.636. The van der Waals surface area contributed by atoms with Crippen molar-refractivity contribution in [2.45, 2.75) is 33.7 Å². The Morgan fingerprint density at radius 2 is 1.78 bits per heavy atom. The Kier molecular flexibility index (Phi) is 6.93. The summed E-state index contributed by atoms with van der Waals surface area (Å²) in [4.78, 5) is 34.8. The van der Waals surface area contributed by atoms with Gasteiger partial charge >= 0.3 is 6.09 Å². The molecule has 0 bridgehead atoms. The second kappa shape index (κ2) is 9.32. The van der Waals surface area contributed by atoms with Gasteiger partial charge in [-0.25, -0.2) is 14.2 Å². The van der Waals surface area contributed by atoms with Crippen molar-refractivity contribution in [3.63, 3.8) is 0 Å². The number of piperazine rings is 1. The van der Waals surface area contributed by atoms with Crippen LogP contribution in [0.2, 0.25) is 0 Å². The lowest BCUT2D eigenvalue weighted by molar-refractivity contribution is 0.0742. The number of halogens is 2. The number of pyridine rings is 1. The Balaban J connectivity index is 0.00000289. The molecule has 2 aliphatic heterocycles. The molecule has 32 heavy (non-hydrogen) atoms. The van der Waals surface area contributed by atoms with E-state index in [0.717, 1.165) is 22.6 Å². The van der Waals surface area contributed by atoms with E-state index in [1.165, 1.54) is 17.0 Å². The largest absolute Gasteiger partial charge is 0.447 e. The highest BCUT2D eigenvalue weighted by Crippen LogP contribution is 2.26. The van der Waals surface area contributed by atoms with Crippen molar-refractivity contribution in [2.24, 2.45) is 0 Å². The quantitative estimate of drug-likeness (QED) is 0.692. The van der Waals surface area contributed by atoms with Crippen LogP contribution in [0.5, 0.6) is 0 Å². The lowest BCUT2D eigenvalue weighted by Gasteiger charge is -2.36. The van der Waals surface area contributed by atoms with Crippen LogP contribution in [-0.4, -0.2) is 60.7 Å². The molecule has 2 aromatic rings. The summed E-state index contributed by atoms with van der Waals surface area (Å²) in [7, 11) is 0. The molecular formula is C23H28ClFN4O3. The van der Waals surface area contributed by atoms with E-state index in [1.54, 1.807) is 11.0 Å². The number of aryl methyl sites for hydroxylation is 3. The summed E-state index contributed by atoms with van der Waals surface area (Å²) in [5, 5.41) is 0. The van der Waals surface area contributed by atoms with Crippen molar-refractivity contribution in [1.29, 1.82) is 0 Å². The Labute approximate surface area is 193 Å². The smallest absolute Gasteiger partial charge is 0.414 e. The second-order valence-corrected chi connectivity index (χ2v) is 8.27. The zero-order valence-corrected chi connectivity index (χ0v) is 19.5. The third-order valence-electron chi connectivity index (χ3n) is 6.04. The van der Waals surface area contributed by atoms with Gasteiger partial charge < -0.3 is 14.5 Å². The summed E-state index contributed by atoms with van der Waals surface area (Å²) in [5.74, 6) is -0.0358. The molecule has 0 aliphatic carbocycles. The maximum absolute atomic E-state index is 14.8. The molecule has 0 spiro atoms. The molecule has 1 atom stereocenters. The van der Waals surface area contributed by atoms with E-state index in [-0.39, 0.29) is 36.5 Å². The predicted molar refractivity (Wildman–Crippen MR) is 124 cm³/mol. The molecule has 3 heterocycles. The average Bonchev–Trinajstić information content (AvgIpc) is 3.08. The van der Waals surface area contributed by atoms with Gasteiger partial charge in [0.15, 0.2) is 0 Å². The molecule has 0 N–H and O–H groups in total. The maximum Gasteiger partial charge on any atom is 0.414 e. The van der Waals surface area contributed by atoms with Crippen LogP contribution in [0.1, 0.15) is 34.1 Å². The van der Waals surface area contributed by atoms with Crippen LogP contribution in [0.15, 0.2) is 24.3 Å². The highest BCUT2D eigenvalue weighted by atomic mass is 35.5. The van der Waals surface area contributed by atoms with E-state index in [4.69, 9.17) is 9.72 Å². The molecule has 2 aliphatic rings. The van der Waals surface area contributed by atoms with E-state index in [0.29, 0.717) is 31.9 Å². The average molecular weight is 463 g/mol. The van der Waals surface area contributed by atoms with Crippen molar-refractivity contribution in [3.05, 3.63) is 52.5 Å². The lowest BCUT2D eigenvalue weighted by atomic mass is 10.1. The molecule has 2 amide bonds. The van der Waals surface area contributed by atoms with Crippen LogP contribution in [0, 0.1) is 26.6 Å². The zero-order valence-electron chi connectivity index (χ0n) is 18.7. The number of amides is 2. The molecule has 172 valence electrons. The van der Waals surface area contributed by atoms with E-state index in [2.05, 4.69) is 11.0 Å². The van der Waals surface area contributed by atoms with Gasteiger partial charge in [-0.1, -0.05) is 6.07 Å². The fourth-order valence-electron chi connectivity index (χ4n) is 4.14. The minimum absolute atomic E-state index is 0. The molecule has 9 heteroatoms. The first kappa shape index (κ1) is 23.8. The normalized spacial score (nSPS) is 18.5. The topological polar surface area (TPSA) is 66.0 Å². The van der Waals surface area contributed by atoms with E-state index in [9.17, 15) is 14.0 Å². The second-order valence-electron chi connectivity index (χ2n) is 8.27. The number of carbonyl (C=O) groups is 2. The standard InChI is InChI=1S/C23H27FN4O3.ClH/c1-14-11-15(2)21(25-17(14)4)26-7-9-27(10-8-26)22(29)19-6-5-18(12-20(19)24)28-16(3)13-31-23(28)30;/h5-6,11-12,16H,7-10,13H2,1-4H3;1H/t16-;/m1./s1. The maximum atomic E-state index is 14.8. The number of nitrogens with zero attached hydrogens (tertiary/aromatic N) is 4. The van der Waals surface area contributed by atoms with Crippen LogP contribution in [0.4, 0.5) is 20.7 Å². The molecule has 4 rings (SSSR count). The molecule has 0 saturated carbocycles. The molecule has 1 aromatic heterocycles. The number of carbonyl (C=O) groups excluding carboxylic acids is 2. The predicted octanol–water partition coefficient (Wildman–Crippen LogP) is 3.88. The van der Waals surface area contributed by atoms with Crippen molar-refractivity contribution < 1.29 is 18.7 Å².